The van der Waals surface area contributed by atoms with Crippen molar-refractivity contribution >= 4 is 11.8 Å². The van der Waals surface area contributed by atoms with Gasteiger partial charge in [-0.05, 0) is 18.3 Å². The topological polar surface area (TPSA) is 98.2 Å². The van der Waals surface area contributed by atoms with Crippen molar-refractivity contribution < 1.29 is 9.59 Å². The van der Waals surface area contributed by atoms with Gasteiger partial charge in [-0.15, -0.1) is 0 Å². The monoisotopic (exact) mass is 243 g/mol. The molecule has 0 heterocycles. The second kappa shape index (κ2) is 7.27. The summed E-state index contributed by atoms with van der Waals surface area (Å²) < 4.78 is 0. The summed E-state index contributed by atoms with van der Waals surface area (Å²) in [6, 6.07) is -1.22. The van der Waals surface area contributed by atoms with Gasteiger partial charge in [0.05, 0.1) is 6.04 Å². The fraction of sp³-hybridized carbons (Fsp3) is 0.833. The molecule has 0 aromatic rings. The maximum atomic E-state index is 11.8. The van der Waals surface area contributed by atoms with E-state index in [1.165, 1.54) is 0 Å². The van der Waals surface area contributed by atoms with Crippen LogP contribution in [0.1, 0.15) is 40.5 Å². The van der Waals surface area contributed by atoms with Crippen LogP contribution in [0.15, 0.2) is 0 Å². The van der Waals surface area contributed by atoms with E-state index in [4.69, 9.17) is 11.5 Å². The zero-order valence-corrected chi connectivity index (χ0v) is 11.2. The van der Waals surface area contributed by atoms with Crippen LogP contribution in [0.5, 0.6) is 0 Å². The van der Waals surface area contributed by atoms with E-state index in [0.29, 0.717) is 6.42 Å². The number of nitrogens with two attached hydrogens (primary N) is 2. The van der Waals surface area contributed by atoms with E-state index < -0.39 is 18.0 Å². The minimum absolute atomic E-state index is 0.0857. The van der Waals surface area contributed by atoms with Crippen molar-refractivity contribution in [1.82, 2.24) is 5.32 Å². The summed E-state index contributed by atoms with van der Waals surface area (Å²) in [5, 5.41) is 2.62. The second-order valence-corrected chi connectivity index (χ2v) is 5.00. The van der Waals surface area contributed by atoms with Crippen molar-refractivity contribution in [1.29, 1.82) is 0 Å². The smallest absolute Gasteiger partial charge is 0.240 e. The van der Waals surface area contributed by atoms with E-state index in [2.05, 4.69) is 5.32 Å². The number of amides is 2. The molecule has 0 aliphatic rings. The molecule has 0 spiro atoms. The third-order valence-electron chi connectivity index (χ3n) is 2.93. The lowest BCUT2D eigenvalue weighted by Crippen LogP contribution is -2.52. The second-order valence-electron chi connectivity index (χ2n) is 5.00. The van der Waals surface area contributed by atoms with E-state index in [0.717, 1.165) is 6.42 Å². The predicted octanol–water partition coefficient (Wildman–Crippen LogP) is 0.376. The molecule has 2 amide bonds. The lowest BCUT2D eigenvalue weighted by atomic mass is 9.98. The maximum absolute atomic E-state index is 11.8. The van der Waals surface area contributed by atoms with E-state index >= 15 is 0 Å². The Morgan fingerprint density at radius 1 is 1.24 bits per heavy atom. The third-order valence-corrected chi connectivity index (χ3v) is 2.93. The number of hydrogen-bond acceptors (Lipinski definition) is 3. The van der Waals surface area contributed by atoms with Gasteiger partial charge in [0.15, 0.2) is 0 Å². The number of nitrogens with one attached hydrogen (secondary N) is 1. The van der Waals surface area contributed by atoms with Crippen LogP contribution in [0.25, 0.3) is 0 Å². The van der Waals surface area contributed by atoms with Gasteiger partial charge in [-0.3, -0.25) is 9.59 Å². The Kier molecular flexibility index (Phi) is 6.80. The van der Waals surface area contributed by atoms with Gasteiger partial charge in [0.2, 0.25) is 11.8 Å². The van der Waals surface area contributed by atoms with Gasteiger partial charge in [-0.25, -0.2) is 0 Å². The highest BCUT2D eigenvalue weighted by atomic mass is 16.2. The molecule has 0 aliphatic heterocycles. The SMILES string of the molecule is CC[C@H](C)[C@H](N)C(=O)N[C@@H](CC(C)C)C(N)=O. The van der Waals surface area contributed by atoms with Crippen molar-refractivity contribution in [2.45, 2.75) is 52.6 Å². The molecule has 0 radical (unpaired) electrons. The molecule has 0 aromatic heterocycles. The Balaban J connectivity index is 4.45. The Morgan fingerprint density at radius 3 is 2.12 bits per heavy atom. The normalized spacial score (nSPS) is 16.4. The molecular weight excluding hydrogens is 218 g/mol. The fourth-order valence-electron chi connectivity index (χ4n) is 1.50. The van der Waals surface area contributed by atoms with E-state index in [9.17, 15) is 9.59 Å². The minimum Gasteiger partial charge on any atom is -0.368 e. The van der Waals surface area contributed by atoms with Gasteiger partial charge in [-0.2, -0.15) is 0 Å². The van der Waals surface area contributed by atoms with Crippen LogP contribution in [-0.4, -0.2) is 23.9 Å². The summed E-state index contributed by atoms with van der Waals surface area (Å²) >= 11 is 0. The summed E-state index contributed by atoms with van der Waals surface area (Å²) in [6.45, 7) is 7.82. The minimum atomic E-state index is -0.627. The van der Waals surface area contributed by atoms with Crippen LogP contribution in [0.2, 0.25) is 0 Å². The first-order chi connectivity index (χ1) is 7.79. The largest absolute Gasteiger partial charge is 0.368 e. The summed E-state index contributed by atoms with van der Waals surface area (Å²) in [6.07, 6.45) is 1.36. The zero-order chi connectivity index (χ0) is 13.6. The highest BCUT2D eigenvalue weighted by Gasteiger charge is 2.25. The summed E-state index contributed by atoms with van der Waals surface area (Å²) in [5.74, 6) is -0.442. The molecule has 0 saturated heterocycles. The van der Waals surface area contributed by atoms with Crippen LogP contribution >= 0.6 is 0 Å². The molecule has 0 aromatic carbocycles. The van der Waals surface area contributed by atoms with Gasteiger partial charge in [0, 0.05) is 0 Å². The fourth-order valence-corrected chi connectivity index (χ4v) is 1.50. The van der Waals surface area contributed by atoms with Crippen LogP contribution in [0.4, 0.5) is 0 Å². The molecular formula is C12H25N3O2. The molecule has 0 bridgehead atoms. The molecule has 0 rings (SSSR count). The number of primary amides is 1. The van der Waals surface area contributed by atoms with E-state index in [1.807, 2.05) is 27.7 Å². The molecule has 0 fully saturated rings. The van der Waals surface area contributed by atoms with Crippen molar-refractivity contribution in [3.05, 3.63) is 0 Å². The molecule has 5 nitrogen and oxygen atoms in total. The first-order valence-corrected chi connectivity index (χ1v) is 6.14. The number of hydrogen-bond donors (Lipinski definition) is 3. The maximum Gasteiger partial charge on any atom is 0.240 e. The molecule has 0 aliphatic carbocycles. The van der Waals surface area contributed by atoms with E-state index in [1.54, 1.807) is 0 Å². The summed E-state index contributed by atoms with van der Waals surface area (Å²) in [5.41, 5.74) is 11.0. The van der Waals surface area contributed by atoms with Crippen molar-refractivity contribution in [2.75, 3.05) is 0 Å². The Morgan fingerprint density at radius 2 is 1.76 bits per heavy atom. The number of carbonyl (C=O) groups is 2. The first-order valence-electron chi connectivity index (χ1n) is 6.14. The van der Waals surface area contributed by atoms with Crippen LogP contribution in [-0.2, 0) is 9.59 Å². The third kappa shape index (κ3) is 5.68. The van der Waals surface area contributed by atoms with Crippen LogP contribution < -0.4 is 16.8 Å². The zero-order valence-electron chi connectivity index (χ0n) is 11.2. The van der Waals surface area contributed by atoms with Gasteiger partial charge in [0.25, 0.3) is 0 Å². The van der Waals surface area contributed by atoms with Gasteiger partial charge >= 0.3 is 0 Å². The average molecular weight is 243 g/mol. The molecule has 100 valence electrons. The summed E-state index contributed by atoms with van der Waals surface area (Å²) in [4.78, 5) is 23.0. The highest BCUT2D eigenvalue weighted by Crippen LogP contribution is 2.08. The Bertz CT molecular complexity index is 266. The lowest BCUT2D eigenvalue weighted by Gasteiger charge is -2.22. The van der Waals surface area contributed by atoms with Gasteiger partial charge in [0.1, 0.15) is 6.04 Å². The first kappa shape index (κ1) is 15.9. The highest BCUT2D eigenvalue weighted by molar-refractivity contribution is 5.89. The quantitative estimate of drug-likeness (QED) is 0.602. The van der Waals surface area contributed by atoms with Crippen LogP contribution in [0, 0.1) is 11.8 Å². The molecule has 0 saturated carbocycles. The number of rotatable bonds is 7. The molecule has 5 N–H and O–H groups in total. The van der Waals surface area contributed by atoms with Crippen LogP contribution in [0.3, 0.4) is 0 Å². The van der Waals surface area contributed by atoms with E-state index in [-0.39, 0.29) is 17.7 Å². The van der Waals surface area contributed by atoms with Crippen molar-refractivity contribution in [3.63, 3.8) is 0 Å². The predicted molar refractivity (Wildman–Crippen MR) is 68.0 cm³/mol. The van der Waals surface area contributed by atoms with Gasteiger partial charge in [-0.1, -0.05) is 34.1 Å². The number of carbonyl (C=O) groups excluding carboxylic acids is 2. The lowest BCUT2D eigenvalue weighted by molar-refractivity contribution is -0.129. The molecule has 5 heteroatoms. The average Bonchev–Trinajstić information content (AvgIpc) is 2.25. The molecule has 3 atom stereocenters. The van der Waals surface area contributed by atoms with Gasteiger partial charge < -0.3 is 16.8 Å². The van der Waals surface area contributed by atoms with Crippen molar-refractivity contribution in [2.24, 2.45) is 23.3 Å². The molecule has 17 heavy (non-hydrogen) atoms. The Labute approximate surface area is 103 Å². The standard InChI is InChI=1S/C12H25N3O2/c1-5-8(4)10(13)12(17)15-9(11(14)16)6-7(2)3/h7-10H,5-6,13H2,1-4H3,(H2,14,16)(H,15,17)/t8-,9-,10-/m0/s1. The Hall–Kier alpha value is -1.10. The summed E-state index contributed by atoms with van der Waals surface area (Å²) in [7, 11) is 0. The van der Waals surface area contributed by atoms with Crippen molar-refractivity contribution in [3.8, 4) is 0 Å². The molecule has 0 unspecified atom stereocenters.